The summed E-state index contributed by atoms with van der Waals surface area (Å²) >= 11 is 3.52. The summed E-state index contributed by atoms with van der Waals surface area (Å²) < 4.78 is 6.20. The molecule has 5 heteroatoms. The lowest BCUT2D eigenvalue weighted by Crippen LogP contribution is -1.88. The van der Waals surface area contributed by atoms with Gasteiger partial charge in [-0.3, -0.25) is 0 Å². The van der Waals surface area contributed by atoms with Crippen LogP contribution in [0.15, 0.2) is 21.1 Å². The topological polar surface area (TPSA) is 62.7 Å². The Kier molecular flexibility index (Phi) is 3.78. The fourth-order valence-corrected chi connectivity index (χ4v) is 1.94. The van der Waals surface area contributed by atoms with Gasteiger partial charge in [-0.2, -0.15) is 10.2 Å². The lowest BCUT2D eigenvalue weighted by molar-refractivity contribution is 0.380. The van der Waals surface area contributed by atoms with Crippen LogP contribution in [0.25, 0.3) is 11.4 Å². The van der Waals surface area contributed by atoms with E-state index in [2.05, 4.69) is 32.1 Å². The van der Waals surface area contributed by atoms with Crippen LogP contribution in [-0.2, 0) is 6.42 Å². The van der Waals surface area contributed by atoms with Crippen molar-refractivity contribution in [1.82, 2.24) is 10.1 Å². The van der Waals surface area contributed by atoms with Crippen LogP contribution in [0.5, 0.6) is 0 Å². The minimum Gasteiger partial charge on any atom is -0.339 e. The molecule has 92 valence electrons. The Morgan fingerprint density at radius 3 is 2.61 bits per heavy atom. The number of aryl methyl sites for hydroxylation is 3. The summed E-state index contributed by atoms with van der Waals surface area (Å²) in [4.78, 5) is 4.29. The first-order valence-electron chi connectivity index (χ1n) is 5.58. The van der Waals surface area contributed by atoms with Crippen molar-refractivity contribution in [2.75, 3.05) is 0 Å². The van der Waals surface area contributed by atoms with Gasteiger partial charge in [0.15, 0.2) is 0 Å². The number of rotatable bonds is 3. The number of benzene rings is 1. The molecular formula is C13H12BrN3O. The van der Waals surface area contributed by atoms with Gasteiger partial charge in [0.2, 0.25) is 11.7 Å². The molecule has 0 atom stereocenters. The molecule has 0 N–H and O–H groups in total. The molecule has 1 aromatic carbocycles. The summed E-state index contributed by atoms with van der Waals surface area (Å²) in [6, 6.07) is 6.08. The van der Waals surface area contributed by atoms with Crippen molar-refractivity contribution in [3.63, 3.8) is 0 Å². The van der Waals surface area contributed by atoms with Crippen molar-refractivity contribution in [3.05, 3.63) is 33.6 Å². The fourth-order valence-electron chi connectivity index (χ4n) is 1.71. The highest BCUT2D eigenvalue weighted by Crippen LogP contribution is 2.27. The number of hydrogen-bond donors (Lipinski definition) is 0. The van der Waals surface area contributed by atoms with Gasteiger partial charge in [-0.25, -0.2) is 0 Å². The fraction of sp³-hybridized carbons (Fsp3) is 0.308. The zero-order valence-electron chi connectivity index (χ0n) is 10.2. The highest BCUT2D eigenvalue weighted by Gasteiger charge is 2.10. The molecule has 0 saturated carbocycles. The molecule has 0 radical (unpaired) electrons. The largest absolute Gasteiger partial charge is 0.339 e. The van der Waals surface area contributed by atoms with E-state index in [4.69, 9.17) is 9.78 Å². The average molecular weight is 306 g/mol. The molecule has 0 unspecified atom stereocenters. The van der Waals surface area contributed by atoms with E-state index < -0.39 is 0 Å². The van der Waals surface area contributed by atoms with E-state index in [-0.39, 0.29) is 0 Å². The molecule has 2 rings (SSSR count). The minimum atomic E-state index is 0.389. The van der Waals surface area contributed by atoms with Gasteiger partial charge in [0.1, 0.15) is 0 Å². The van der Waals surface area contributed by atoms with Crippen molar-refractivity contribution in [1.29, 1.82) is 5.26 Å². The first-order chi connectivity index (χ1) is 8.61. The second-order valence-electron chi connectivity index (χ2n) is 4.09. The Labute approximate surface area is 114 Å². The van der Waals surface area contributed by atoms with Crippen LogP contribution in [0.4, 0.5) is 0 Å². The monoisotopic (exact) mass is 305 g/mol. The van der Waals surface area contributed by atoms with Crippen LogP contribution in [0, 0.1) is 25.2 Å². The van der Waals surface area contributed by atoms with Crippen LogP contribution in [-0.4, -0.2) is 10.1 Å². The predicted octanol–water partition coefficient (Wildman–Crippen LogP) is 3.57. The summed E-state index contributed by atoms with van der Waals surface area (Å²) in [5.74, 6) is 1.08. The summed E-state index contributed by atoms with van der Waals surface area (Å²) in [6.07, 6.45) is 0.887. The van der Waals surface area contributed by atoms with Crippen molar-refractivity contribution in [2.24, 2.45) is 0 Å². The number of hydrogen-bond acceptors (Lipinski definition) is 4. The normalized spacial score (nSPS) is 10.3. The number of nitriles is 1. The summed E-state index contributed by atoms with van der Waals surface area (Å²) in [5, 5.41) is 12.5. The quantitative estimate of drug-likeness (QED) is 0.869. The van der Waals surface area contributed by atoms with Crippen molar-refractivity contribution in [2.45, 2.75) is 26.7 Å². The summed E-state index contributed by atoms with van der Waals surface area (Å²) in [6.45, 7) is 4.05. The molecule has 0 aliphatic rings. The predicted molar refractivity (Wildman–Crippen MR) is 70.8 cm³/mol. The smallest absolute Gasteiger partial charge is 0.227 e. The van der Waals surface area contributed by atoms with E-state index in [1.54, 1.807) is 0 Å². The molecule has 1 aromatic heterocycles. The van der Waals surface area contributed by atoms with Gasteiger partial charge >= 0.3 is 0 Å². The number of aromatic nitrogens is 2. The first kappa shape index (κ1) is 12.8. The van der Waals surface area contributed by atoms with Gasteiger partial charge in [0, 0.05) is 22.9 Å². The van der Waals surface area contributed by atoms with Gasteiger partial charge in [-0.05, 0) is 37.1 Å². The second kappa shape index (κ2) is 5.32. The van der Waals surface area contributed by atoms with E-state index in [9.17, 15) is 0 Å². The van der Waals surface area contributed by atoms with Crippen molar-refractivity contribution >= 4 is 15.9 Å². The number of nitrogens with zero attached hydrogens (tertiary/aromatic N) is 3. The third-order valence-electron chi connectivity index (χ3n) is 2.61. The SMILES string of the molecule is Cc1cc(-c2noc(CCC#N)n2)cc(C)c1Br. The third-order valence-corrected chi connectivity index (χ3v) is 3.86. The zero-order valence-corrected chi connectivity index (χ0v) is 11.8. The maximum absolute atomic E-state index is 8.51. The molecule has 0 bridgehead atoms. The van der Waals surface area contributed by atoms with E-state index in [1.165, 1.54) is 0 Å². The molecular weight excluding hydrogens is 294 g/mol. The van der Waals surface area contributed by atoms with E-state index in [1.807, 2.05) is 26.0 Å². The van der Waals surface area contributed by atoms with E-state index in [0.717, 1.165) is 21.2 Å². The molecule has 18 heavy (non-hydrogen) atoms. The average Bonchev–Trinajstić information content (AvgIpc) is 2.81. The third kappa shape index (κ3) is 2.59. The zero-order chi connectivity index (χ0) is 13.1. The van der Waals surface area contributed by atoms with Crippen LogP contribution in [0.2, 0.25) is 0 Å². The Balaban J connectivity index is 2.32. The molecule has 1 heterocycles. The second-order valence-corrected chi connectivity index (χ2v) is 4.89. The Bertz CT molecular complexity index is 590. The van der Waals surface area contributed by atoms with Gasteiger partial charge < -0.3 is 4.52 Å². The van der Waals surface area contributed by atoms with Crippen LogP contribution < -0.4 is 0 Å². The Morgan fingerprint density at radius 2 is 2.00 bits per heavy atom. The van der Waals surface area contributed by atoms with Gasteiger partial charge in [0.05, 0.1) is 6.07 Å². The summed E-state index contributed by atoms with van der Waals surface area (Å²) in [5.41, 5.74) is 3.20. The molecule has 0 amide bonds. The molecule has 0 aliphatic heterocycles. The highest BCUT2D eigenvalue weighted by molar-refractivity contribution is 9.10. The maximum Gasteiger partial charge on any atom is 0.227 e. The Morgan fingerprint density at radius 1 is 1.33 bits per heavy atom. The molecule has 0 saturated heterocycles. The molecule has 0 aliphatic carbocycles. The molecule has 0 spiro atoms. The standard InChI is InChI=1S/C13H12BrN3O/c1-8-6-10(7-9(2)12(8)14)13-16-11(18-17-13)4-3-5-15/h6-7H,3-4H2,1-2H3. The van der Waals surface area contributed by atoms with Crippen LogP contribution >= 0.6 is 15.9 Å². The molecule has 0 fully saturated rings. The summed E-state index contributed by atoms with van der Waals surface area (Å²) in [7, 11) is 0. The van der Waals surface area contributed by atoms with Crippen LogP contribution in [0.1, 0.15) is 23.4 Å². The lowest BCUT2D eigenvalue weighted by atomic mass is 10.1. The highest BCUT2D eigenvalue weighted by atomic mass is 79.9. The van der Waals surface area contributed by atoms with Gasteiger partial charge in [-0.15, -0.1) is 0 Å². The van der Waals surface area contributed by atoms with E-state index >= 15 is 0 Å². The number of halogens is 1. The minimum absolute atomic E-state index is 0.389. The molecule has 2 aromatic rings. The first-order valence-corrected chi connectivity index (χ1v) is 6.37. The van der Waals surface area contributed by atoms with Crippen molar-refractivity contribution < 1.29 is 4.52 Å². The molecule has 4 nitrogen and oxygen atoms in total. The lowest BCUT2D eigenvalue weighted by Gasteiger charge is -2.04. The van der Waals surface area contributed by atoms with Gasteiger partial charge in [0.25, 0.3) is 0 Å². The van der Waals surface area contributed by atoms with E-state index in [0.29, 0.717) is 24.6 Å². The van der Waals surface area contributed by atoms with Gasteiger partial charge in [-0.1, -0.05) is 21.1 Å². The Hall–Kier alpha value is -1.67. The van der Waals surface area contributed by atoms with Crippen LogP contribution in [0.3, 0.4) is 0 Å². The van der Waals surface area contributed by atoms with Crippen molar-refractivity contribution in [3.8, 4) is 17.5 Å². The maximum atomic E-state index is 8.51.